The quantitative estimate of drug-likeness (QED) is 0.347. The Hall–Kier alpha value is -4.22. The number of carbonyl (C=O) groups is 1. The zero-order chi connectivity index (χ0) is 25.8. The van der Waals surface area contributed by atoms with E-state index >= 15 is 0 Å². The Balaban J connectivity index is 1.31. The normalized spacial score (nSPS) is 13.3. The lowest BCUT2D eigenvalue weighted by atomic mass is 10.1. The first-order valence-electron chi connectivity index (χ1n) is 11.6. The SMILES string of the molecule is Cc1cccc(-c2nccc(Nc3ccnc(Nc4cc(F)c(C(=O)N5CCNCC5)c(Cl)c4)n3)n2)n1. The van der Waals surface area contributed by atoms with Gasteiger partial charge < -0.3 is 20.9 Å². The van der Waals surface area contributed by atoms with Crippen LogP contribution in [-0.2, 0) is 0 Å². The Kier molecular flexibility index (Phi) is 7.15. The van der Waals surface area contributed by atoms with Crippen LogP contribution in [0.5, 0.6) is 0 Å². The highest BCUT2D eigenvalue weighted by atomic mass is 35.5. The van der Waals surface area contributed by atoms with Gasteiger partial charge in [0.05, 0.1) is 10.6 Å². The van der Waals surface area contributed by atoms with Gasteiger partial charge in [0.1, 0.15) is 23.1 Å². The minimum atomic E-state index is -0.717. The van der Waals surface area contributed by atoms with Crippen molar-refractivity contribution < 1.29 is 9.18 Å². The Morgan fingerprint density at radius 3 is 2.51 bits per heavy atom. The molecule has 4 aromatic rings. The van der Waals surface area contributed by atoms with E-state index in [0.717, 1.165) is 5.69 Å². The van der Waals surface area contributed by atoms with Crippen LogP contribution in [0.25, 0.3) is 11.5 Å². The molecule has 1 aromatic carbocycles. The predicted molar refractivity (Wildman–Crippen MR) is 139 cm³/mol. The van der Waals surface area contributed by atoms with Crippen molar-refractivity contribution in [1.29, 1.82) is 0 Å². The van der Waals surface area contributed by atoms with E-state index in [1.54, 1.807) is 29.4 Å². The largest absolute Gasteiger partial charge is 0.336 e. The molecule has 4 heterocycles. The maximum absolute atomic E-state index is 14.9. The molecule has 0 unspecified atom stereocenters. The molecule has 0 radical (unpaired) electrons. The van der Waals surface area contributed by atoms with Gasteiger partial charge in [-0.25, -0.2) is 24.3 Å². The van der Waals surface area contributed by atoms with E-state index in [9.17, 15) is 9.18 Å². The van der Waals surface area contributed by atoms with Crippen molar-refractivity contribution in [2.24, 2.45) is 0 Å². The van der Waals surface area contributed by atoms with Crippen molar-refractivity contribution in [3.8, 4) is 11.5 Å². The molecule has 1 aliphatic rings. The number of benzene rings is 1. The molecule has 188 valence electrons. The second kappa shape index (κ2) is 10.8. The lowest BCUT2D eigenvalue weighted by Gasteiger charge is -2.28. The summed E-state index contributed by atoms with van der Waals surface area (Å²) in [6.07, 6.45) is 3.17. The molecule has 10 nitrogen and oxygen atoms in total. The third kappa shape index (κ3) is 5.79. The number of pyridine rings is 1. The number of rotatable bonds is 6. The standard InChI is InChI=1S/C25H23ClFN9O/c1-15-3-2-4-19(31-15)23-29-7-5-20(34-23)33-21-6-8-30-25(35-21)32-16-13-17(26)22(18(27)14-16)24(37)36-11-9-28-10-12-36/h2-8,13-14,28H,9-12H2,1H3,(H2,29,30,32,33,34,35). The van der Waals surface area contributed by atoms with Gasteiger partial charge in [0, 0.05) is 50.0 Å². The fraction of sp³-hybridized carbons (Fsp3) is 0.200. The van der Waals surface area contributed by atoms with Crippen LogP contribution >= 0.6 is 11.6 Å². The molecule has 0 atom stereocenters. The summed E-state index contributed by atoms with van der Waals surface area (Å²) in [5.74, 6) is 0.506. The minimum Gasteiger partial charge on any atom is -0.336 e. The molecular weight excluding hydrogens is 497 g/mol. The number of aryl methyl sites for hydroxylation is 1. The molecule has 3 aromatic heterocycles. The fourth-order valence-corrected chi connectivity index (χ4v) is 4.13. The Bertz CT molecular complexity index is 1420. The fourth-order valence-electron chi connectivity index (χ4n) is 3.84. The van der Waals surface area contributed by atoms with E-state index in [-0.39, 0.29) is 16.5 Å². The van der Waals surface area contributed by atoms with Crippen LogP contribution in [0.4, 0.5) is 27.7 Å². The van der Waals surface area contributed by atoms with Crippen LogP contribution < -0.4 is 16.0 Å². The third-order valence-corrected chi connectivity index (χ3v) is 5.90. The van der Waals surface area contributed by atoms with E-state index < -0.39 is 11.7 Å². The van der Waals surface area contributed by atoms with Crippen LogP contribution in [0.1, 0.15) is 16.1 Å². The summed E-state index contributed by atoms with van der Waals surface area (Å²) in [7, 11) is 0. The van der Waals surface area contributed by atoms with Gasteiger partial charge in [-0.2, -0.15) is 4.98 Å². The van der Waals surface area contributed by atoms with E-state index in [0.29, 0.717) is 55.0 Å². The summed E-state index contributed by atoms with van der Waals surface area (Å²) in [5.41, 5.74) is 1.69. The number of hydrogen-bond acceptors (Lipinski definition) is 9. The predicted octanol–water partition coefficient (Wildman–Crippen LogP) is 3.96. The molecule has 1 amide bonds. The van der Waals surface area contributed by atoms with Gasteiger partial charge in [0.15, 0.2) is 5.82 Å². The number of amides is 1. The average Bonchev–Trinajstić information content (AvgIpc) is 2.89. The van der Waals surface area contributed by atoms with Crippen molar-refractivity contribution >= 4 is 40.8 Å². The van der Waals surface area contributed by atoms with Crippen molar-refractivity contribution in [2.75, 3.05) is 36.8 Å². The lowest BCUT2D eigenvalue weighted by molar-refractivity contribution is 0.0731. The average molecular weight is 520 g/mol. The summed E-state index contributed by atoms with van der Waals surface area (Å²) in [4.78, 5) is 36.2. The van der Waals surface area contributed by atoms with Crippen LogP contribution in [0.15, 0.2) is 54.9 Å². The van der Waals surface area contributed by atoms with Crippen LogP contribution in [0.2, 0.25) is 5.02 Å². The Labute approximate surface area is 217 Å². The van der Waals surface area contributed by atoms with Crippen molar-refractivity contribution in [3.63, 3.8) is 0 Å². The molecule has 0 bridgehead atoms. The number of anilines is 4. The van der Waals surface area contributed by atoms with Gasteiger partial charge in [-0.3, -0.25) is 4.79 Å². The van der Waals surface area contributed by atoms with Crippen LogP contribution in [0.3, 0.4) is 0 Å². The smallest absolute Gasteiger partial charge is 0.258 e. The summed E-state index contributed by atoms with van der Waals surface area (Å²) in [5, 5.41) is 9.22. The number of aromatic nitrogens is 5. The highest BCUT2D eigenvalue weighted by Gasteiger charge is 2.24. The summed E-state index contributed by atoms with van der Waals surface area (Å²) in [6, 6.07) is 11.7. The van der Waals surface area contributed by atoms with Crippen LogP contribution in [-0.4, -0.2) is 61.9 Å². The first-order valence-corrected chi connectivity index (χ1v) is 12.0. The number of halogens is 2. The molecular formula is C25H23ClFN9O. The first-order chi connectivity index (χ1) is 18.0. The van der Waals surface area contributed by atoms with Crippen molar-refractivity contribution in [2.45, 2.75) is 6.92 Å². The van der Waals surface area contributed by atoms with E-state index in [2.05, 4.69) is 40.9 Å². The lowest BCUT2D eigenvalue weighted by Crippen LogP contribution is -2.46. The molecule has 0 aliphatic carbocycles. The van der Waals surface area contributed by atoms with E-state index in [1.807, 2.05) is 25.1 Å². The molecule has 37 heavy (non-hydrogen) atoms. The van der Waals surface area contributed by atoms with Gasteiger partial charge in [-0.05, 0) is 43.3 Å². The molecule has 0 spiro atoms. The summed E-state index contributed by atoms with van der Waals surface area (Å²) >= 11 is 6.31. The summed E-state index contributed by atoms with van der Waals surface area (Å²) < 4.78 is 14.9. The van der Waals surface area contributed by atoms with Gasteiger partial charge in [-0.1, -0.05) is 17.7 Å². The summed E-state index contributed by atoms with van der Waals surface area (Å²) in [6.45, 7) is 4.21. The first kappa shape index (κ1) is 24.5. The van der Waals surface area contributed by atoms with Gasteiger partial charge >= 0.3 is 0 Å². The van der Waals surface area contributed by atoms with Gasteiger partial charge in [0.25, 0.3) is 5.91 Å². The number of nitrogens with one attached hydrogen (secondary N) is 3. The number of piperazine rings is 1. The minimum absolute atomic E-state index is 0.0126. The molecule has 3 N–H and O–H groups in total. The second-order valence-corrected chi connectivity index (χ2v) is 8.71. The maximum atomic E-state index is 14.9. The zero-order valence-electron chi connectivity index (χ0n) is 19.9. The maximum Gasteiger partial charge on any atom is 0.258 e. The molecule has 5 rings (SSSR count). The molecule has 1 saturated heterocycles. The third-order valence-electron chi connectivity index (χ3n) is 5.60. The van der Waals surface area contributed by atoms with Gasteiger partial charge in [0.2, 0.25) is 5.95 Å². The van der Waals surface area contributed by atoms with Crippen molar-refractivity contribution in [1.82, 2.24) is 35.1 Å². The Morgan fingerprint density at radius 1 is 1.00 bits per heavy atom. The van der Waals surface area contributed by atoms with E-state index in [4.69, 9.17) is 11.6 Å². The number of hydrogen-bond donors (Lipinski definition) is 3. The Morgan fingerprint density at radius 2 is 1.76 bits per heavy atom. The van der Waals surface area contributed by atoms with Crippen LogP contribution in [0, 0.1) is 12.7 Å². The van der Waals surface area contributed by atoms with E-state index in [1.165, 1.54) is 12.1 Å². The highest BCUT2D eigenvalue weighted by molar-refractivity contribution is 6.34. The van der Waals surface area contributed by atoms with Gasteiger partial charge in [-0.15, -0.1) is 0 Å². The monoisotopic (exact) mass is 519 g/mol. The molecule has 1 fully saturated rings. The molecule has 12 heteroatoms. The molecule has 0 saturated carbocycles. The topological polar surface area (TPSA) is 121 Å². The number of carbonyl (C=O) groups excluding carboxylic acids is 1. The van der Waals surface area contributed by atoms with Crippen molar-refractivity contribution in [3.05, 3.63) is 77.0 Å². The number of nitrogens with zero attached hydrogens (tertiary/aromatic N) is 6. The second-order valence-electron chi connectivity index (χ2n) is 8.30. The zero-order valence-corrected chi connectivity index (χ0v) is 20.6. The molecule has 1 aliphatic heterocycles. The highest BCUT2D eigenvalue weighted by Crippen LogP contribution is 2.27.